The van der Waals surface area contributed by atoms with E-state index in [2.05, 4.69) is 25.9 Å². The SMILES string of the molecule is O=C(O)C(F)(F)F.O=C1COc2ccc(CNC(=O)c3nc4sc5c(c4c(=O)[nH]3)CCCNC5)cc2N1. The van der Waals surface area contributed by atoms with Gasteiger partial charge in [-0.1, -0.05) is 6.07 Å². The van der Waals surface area contributed by atoms with Crippen molar-refractivity contribution in [3.8, 4) is 5.75 Å². The maximum atomic E-state index is 12.7. The highest BCUT2D eigenvalue weighted by atomic mass is 32.1. The predicted molar refractivity (Wildman–Crippen MR) is 126 cm³/mol. The number of aliphatic carboxylic acids is 1. The third-order valence-corrected chi connectivity index (χ3v) is 6.52. The highest BCUT2D eigenvalue weighted by Gasteiger charge is 2.38. The van der Waals surface area contributed by atoms with Gasteiger partial charge in [-0.3, -0.25) is 14.4 Å². The molecule has 15 heteroatoms. The molecule has 0 spiro atoms. The van der Waals surface area contributed by atoms with Crippen LogP contribution in [-0.4, -0.2) is 52.2 Å². The molecule has 2 aliphatic heterocycles. The highest BCUT2D eigenvalue weighted by Crippen LogP contribution is 2.30. The number of aromatic nitrogens is 2. The lowest BCUT2D eigenvalue weighted by Crippen LogP contribution is -2.28. The van der Waals surface area contributed by atoms with Gasteiger partial charge in [0.2, 0.25) is 5.82 Å². The van der Waals surface area contributed by atoms with Crippen molar-refractivity contribution in [3.63, 3.8) is 0 Å². The standard InChI is InChI=1S/C20H19N5O4S.C2HF3O2/c26-15-9-29-13-4-3-10(6-12(13)23-15)7-22-19(28)17-24-18(27)16-11-2-1-5-21-8-14(11)30-20(16)25-17;3-2(4,5)1(6)7/h3-4,6,21H,1-2,5,7-9H2,(H,22,28)(H,23,26)(H,24,25,27);(H,6,7). The number of carbonyl (C=O) groups excluding carboxylic acids is 2. The van der Waals surface area contributed by atoms with Crippen molar-refractivity contribution in [2.24, 2.45) is 0 Å². The molecule has 0 bridgehead atoms. The number of nitrogens with one attached hydrogen (secondary N) is 4. The Hall–Kier alpha value is -3.98. The van der Waals surface area contributed by atoms with Gasteiger partial charge in [0.1, 0.15) is 10.6 Å². The number of hydrogen-bond acceptors (Lipinski definition) is 8. The van der Waals surface area contributed by atoms with Gasteiger partial charge in [-0.25, -0.2) is 9.78 Å². The van der Waals surface area contributed by atoms with Crippen LogP contribution in [0.3, 0.4) is 0 Å². The van der Waals surface area contributed by atoms with Crippen LogP contribution in [0.15, 0.2) is 23.0 Å². The maximum absolute atomic E-state index is 12.7. The van der Waals surface area contributed by atoms with E-state index in [9.17, 15) is 27.6 Å². The number of fused-ring (bicyclic) bond motifs is 4. The fourth-order valence-electron chi connectivity index (χ4n) is 3.72. The summed E-state index contributed by atoms with van der Waals surface area (Å²) in [5, 5.41) is 16.6. The predicted octanol–water partition coefficient (Wildman–Crippen LogP) is 1.91. The van der Waals surface area contributed by atoms with Gasteiger partial charge in [0, 0.05) is 18.0 Å². The molecule has 196 valence electrons. The number of H-pyrrole nitrogens is 1. The first kappa shape index (κ1) is 26.1. The van der Waals surface area contributed by atoms with Gasteiger partial charge in [-0.2, -0.15) is 13.2 Å². The van der Waals surface area contributed by atoms with Crippen LogP contribution >= 0.6 is 11.3 Å². The second-order valence-corrected chi connectivity index (χ2v) is 9.12. The number of nitrogens with zero attached hydrogens (tertiary/aromatic N) is 1. The van der Waals surface area contributed by atoms with Crippen LogP contribution in [-0.2, 0) is 29.1 Å². The molecule has 4 heterocycles. The van der Waals surface area contributed by atoms with Crippen molar-refractivity contribution >= 4 is 45.0 Å². The molecule has 0 unspecified atom stereocenters. The van der Waals surface area contributed by atoms with Crippen molar-refractivity contribution < 1.29 is 37.4 Å². The quantitative estimate of drug-likeness (QED) is 0.337. The first-order valence-corrected chi connectivity index (χ1v) is 11.7. The van der Waals surface area contributed by atoms with Crippen LogP contribution in [0, 0.1) is 0 Å². The number of carbonyl (C=O) groups is 3. The highest BCUT2D eigenvalue weighted by molar-refractivity contribution is 7.18. The number of rotatable bonds is 3. The fraction of sp³-hybridized carbons (Fsp3) is 0.318. The Morgan fingerprint density at radius 1 is 1.24 bits per heavy atom. The number of ether oxygens (including phenoxy) is 1. The van der Waals surface area contributed by atoms with E-state index < -0.39 is 18.1 Å². The molecule has 0 atom stereocenters. The zero-order valence-electron chi connectivity index (χ0n) is 19.0. The summed E-state index contributed by atoms with van der Waals surface area (Å²) < 4.78 is 37.1. The van der Waals surface area contributed by atoms with E-state index in [0.717, 1.165) is 41.9 Å². The number of benzene rings is 1. The van der Waals surface area contributed by atoms with E-state index in [4.69, 9.17) is 14.6 Å². The summed E-state index contributed by atoms with van der Waals surface area (Å²) in [5.74, 6) is -2.86. The Bertz CT molecular complexity index is 1430. The third kappa shape index (κ3) is 6.06. The first-order chi connectivity index (χ1) is 17.5. The van der Waals surface area contributed by atoms with Gasteiger partial charge in [-0.15, -0.1) is 11.3 Å². The number of aromatic amines is 1. The first-order valence-electron chi connectivity index (χ1n) is 10.9. The lowest BCUT2D eigenvalue weighted by molar-refractivity contribution is -0.192. The molecular weight excluding hydrogens is 519 g/mol. The fourth-order valence-corrected chi connectivity index (χ4v) is 4.91. The average molecular weight is 539 g/mol. The summed E-state index contributed by atoms with van der Waals surface area (Å²) in [4.78, 5) is 54.4. The summed E-state index contributed by atoms with van der Waals surface area (Å²) in [6, 6.07) is 5.30. The maximum Gasteiger partial charge on any atom is 0.490 e. The molecule has 5 rings (SSSR count). The molecular formula is C22H20F3N5O6S. The summed E-state index contributed by atoms with van der Waals surface area (Å²) in [5.41, 5.74) is 2.11. The normalized spacial score (nSPS) is 14.7. The molecule has 0 radical (unpaired) electrons. The Morgan fingerprint density at radius 2 is 2.00 bits per heavy atom. The number of halogens is 3. The molecule has 2 aliphatic rings. The van der Waals surface area contributed by atoms with Crippen molar-refractivity contribution in [2.75, 3.05) is 18.5 Å². The van der Waals surface area contributed by atoms with Crippen molar-refractivity contribution in [2.45, 2.75) is 32.1 Å². The van der Waals surface area contributed by atoms with Crippen molar-refractivity contribution in [1.29, 1.82) is 0 Å². The lowest BCUT2D eigenvalue weighted by atomic mass is 10.1. The molecule has 1 aromatic carbocycles. The van der Waals surface area contributed by atoms with E-state index in [1.165, 1.54) is 11.3 Å². The van der Waals surface area contributed by atoms with Gasteiger partial charge in [0.25, 0.3) is 17.4 Å². The van der Waals surface area contributed by atoms with Crippen LogP contribution in [0.4, 0.5) is 18.9 Å². The van der Waals surface area contributed by atoms with E-state index in [0.29, 0.717) is 21.7 Å². The number of anilines is 1. The topological polar surface area (TPSA) is 163 Å². The number of hydrogen-bond donors (Lipinski definition) is 5. The Morgan fingerprint density at radius 3 is 2.73 bits per heavy atom. The number of amides is 2. The Labute approximate surface area is 210 Å². The second kappa shape index (κ2) is 10.6. The van der Waals surface area contributed by atoms with Crippen LogP contribution in [0.25, 0.3) is 10.2 Å². The molecule has 2 aromatic heterocycles. The average Bonchev–Trinajstić information content (AvgIpc) is 3.03. The lowest BCUT2D eigenvalue weighted by Gasteiger charge is -2.18. The molecule has 5 N–H and O–H groups in total. The molecule has 0 fully saturated rings. The van der Waals surface area contributed by atoms with Crippen LogP contribution < -0.4 is 26.2 Å². The number of thiophene rings is 1. The largest absolute Gasteiger partial charge is 0.490 e. The van der Waals surface area contributed by atoms with Gasteiger partial charge in [-0.05, 0) is 42.6 Å². The minimum absolute atomic E-state index is 0.00714. The van der Waals surface area contributed by atoms with Crippen molar-refractivity contribution in [1.82, 2.24) is 20.6 Å². The van der Waals surface area contributed by atoms with E-state index >= 15 is 0 Å². The minimum atomic E-state index is -5.08. The molecule has 11 nitrogen and oxygen atoms in total. The smallest absolute Gasteiger partial charge is 0.482 e. The van der Waals surface area contributed by atoms with Crippen LogP contribution in [0.5, 0.6) is 5.75 Å². The van der Waals surface area contributed by atoms with Gasteiger partial charge in [0.05, 0.1) is 11.1 Å². The van der Waals surface area contributed by atoms with Gasteiger partial charge >= 0.3 is 12.1 Å². The van der Waals surface area contributed by atoms with Gasteiger partial charge in [0.15, 0.2) is 6.61 Å². The van der Waals surface area contributed by atoms with Crippen LogP contribution in [0.2, 0.25) is 0 Å². The number of carboxylic acid groups (broad SMARTS) is 1. The molecule has 2 amide bonds. The minimum Gasteiger partial charge on any atom is -0.482 e. The summed E-state index contributed by atoms with van der Waals surface area (Å²) in [7, 11) is 0. The number of alkyl halides is 3. The van der Waals surface area contributed by atoms with E-state index in [1.54, 1.807) is 18.2 Å². The third-order valence-electron chi connectivity index (χ3n) is 5.40. The van der Waals surface area contributed by atoms with Gasteiger partial charge < -0.3 is 30.8 Å². The Balaban J connectivity index is 0.000000405. The molecule has 0 saturated heterocycles. The summed E-state index contributed by atoms with van der Waals surface area (Å²) >= 11 is 1.46. The zero-order chi connectivity index (χ0) is 26.7. The molecule has 0 saturated carbocycles. The summed E-state index contributed by atoms with van der Waals surface area (Å²) in [6.45, 7) is 1.85. The second-order valence-electron chi connectivity index (χ2n) is 8.03. The monoisotopic (exact) mass is 539 g/mol. The van der Waals surface area contributed by atoms with Crippen molar-refractivity contribution in [3.05, 3.63) is 50.4 Å². The molecule has 0 aliphatic carbocycles. The van der Waals surface area contributed by atoms with E-state index in [1.807, 2.05) is 0 Å². The van der Waals surface area contributed by atoms with E-state index in [-0.39, 0.29) is 30.4 Å². The number of aryl methyl sites for hydroxylation is 1. The van der Waals surface area contributed by atoms with Crippen LogP contribution in [0.1, 0.15) is 33.0 Å². The summed E-state index contributed by atoms with van der Waals surface area (Å²) in [6.07, 6.45) is -3.29. The molecule has 3 aromatic rings. The number of carboxylic acids is 1. The Kier molecular flexibility index (Phi) is 7.45. The molecule has 37 heavy (non-hydrogen) atoms. The zero-order valence-corrected chi connectivity index (χ0v) is 19.8.